The van der Waals surface area contributed by atoms with Crippen LogP contribution in [0.4, 0.5) is 9.52 Å². The number of hydrogen-bond donors (Lipinski definition) is 2. The zero-order valence-electron chi connectivity index (χ0n) is 9.77. The third-order valence-corrected chi connectivity index (χ3v) is 3.23. The van der Waals surface area contributed by atoms with Gasteiger partial charge >= 0.3 is 0 Å². The molecule has 1 aromatic carbocycles. The first kappa shape index (κ1) is 12.9. The van der Waals surface area contributed by atoms with Crippen molar-refractivity contribution in [1.29, 1.82) is 0 Å². The summed E-state index contributed by atoms with van der Waals surface area (Å²) in [6.45, 7) is 0.843. The van der Waals surface area contributed by atoms with E-state index in [9.17, 15) is 4.39 Å². The van der Waals surface area contributed by atoms with Crippen molar-refractivity contribution in [3.8, 4) is 0 Å². The van der Waals surface area contributed by atoms with Crippen LogP contribution in [-0.4, -0.2) is 28.5 Å². The summed E-state index contributed by atoms with van der Waals surface area (Å²) in [5.74, 6) is -0.234. The molecule has 0 atom stereocenters. The first-order valence-electron chi connectivity index (χ1n) is 5.69. The maximum atomic E-state index is 12.7. The molecule has 0 radical (unpaired) electrons. The Labute approximate surface area is 109 Å². The average Bonchev–Trinajstić information content (AvgIpc) is 2.80. The van der Waals surface area contributed by atoms with Crippen LogP contribution in [0.15, 0.2) is 24.3 Å². The largest absolute Gasteiger partial charge is 0.396 e. The monoisotopic (exact) mass is 267 g/mol. The number of hydrogen-bond acceptors (Lipinski definition) is 5. The van der Waals surface area contributed by atoms with Gasteiger partial charge in [-0.05, 0) is 24.1 Å². The quantitative estimate of drug-likeness (QED) is 0.787. The maximum absolute atomic E-state index is 12.7. The number of anilines is 1. The van der Waals surface area contributed by atoms with Crippen LogP contribution in [0.2, 0.25) is 0 Å². The van der Waals surface area contributed by atoms with Crippen molar-refractivity contribution in [2.45, 2.75) is 12.8 Å². The van der Waals surface area contributed by atoms with Crippen LogP contribution in [0.5, 0.6) is 0 Å². The van der Waals surface area contributed by atoms with Crippen LogP contribution in [0.3, 0.4) is 0 Å². The molecule has 0 saturated heterocycles. The predicted octanol–water partition coefficient (Wildman–Crippen LogP) is 2.06. The summed E-state index contributed by atoms with van der Waals surface area (Å²) in [6, 6.07) is 6.37. The molecule has 0 aliphatic carbocycles. The van der Waals surface area contributed by atoms with Crippen LogP contribution in [0.1, 0.15) is 17.0 Å². The molecule has 2 rings (SSSR count). The summed E-state index contributed by atoms with van der Waals surface area (Å²) < 4.78 is 12.7. The minimum atomic E-state index is -0.234. The molecule has 18 heavy (non-hydrogen) atoms. The number of aromatic nitrogens is 2. The molecule has 2 aromatic rings. The molecule has 0 amide bonds. The van der Waals surface area contributed by atoms with E-state index < -0.39 is 0 Å². The third-order valence-electron chi connectivity index (χ3n) is 2.35. The number of aliphatic hydroxyl groups excluding tert-OH is 1. The van der Waals surface area contributed by atoms with Gasteiger partial charge in [0.25, 0.3) is 0 Å². The molecule has 1 aromatic heterocycles. The number of nitrogens with zero attached hydrogens (tertiary/aromatic N) is 2. The molecule has 0 bridgehead atoms. The number of nitrogens with one attached hydrogen (secondary N) is 1. The van der Waals surface area contributed by atoms with Gasteiger partial charge in [-0.25, -0.2) is 4.39 Å². The van der Waals surface area contributed by atoms with Crippen molar-refractivity contribution in [1.82, 2.24) is 10.2 Å². The molecule has 4 nitrogen and oxygen atoms in total. The van der Waals surface area contributed by atoms with E-state index in [0.29, 0.717) is 19.4 Å². The van der Waals surface area contributed by atoms with E-state index in [4.69, 9.17) is 5.11 Å². The molecule has 0 unspecified atom stereocenters. The molecule has 0 fully saturated rings. The predicted molar refractivity (Wildman–Crippen MR) is 69.3 cm³/mol. The summed E-state index contributed by atoms with van der Waals surface area (Å²) in [5, 5.41) is 21.4. The normalized spacial score (nSPS) is 10.6. The Balaban J connectivity index is 1.91. The van der Waals surface area contributed by atoms with Crippen molar-refractivity contribution in [2.75, 3.05) is 18.5 Å². The maximum Gasteiger partial charge on any atom is 0.205 e. The highest BCUT2D eigenvalue weighted by atomic mass is 32.1. The van der Waals surface area contributed by atoms with Crippen molar-refractivity contribution in [2.24, 2.45) is 0 Å². The van der Waals surface area contributed by atoms with Crippen molar-refractivity contribution in [3.05, 3.63) is 40.7 Å². The molecule has 1 heterocycles. The zero-order chi connectivity index (χ0) is 12.8. The molecular formula is C12H14FN3OS. The van der Waals surface area contributed by atoms with Gasteiger partial charge in [0.05, 0.1) is 0 Å². The van der Waals surface area contributed by atoms with Gasteiger partial charge in [0.15, 0.2) is 0 Å². The molecule has 0 saturated carbocycles. The molecule has 0 spiro atoms. The summed E-state index contributed by atoms with van der Waals surface area (Å²) in [4.78, 5) is 0. The number of rotatable bonds is 6. The van der Waals surface area contributed by atoms with E-state index in [-0.39, 0.29) is 12.4 Å². The Kier molecular flexibility index (Phi) is 4.60. The Hall–Kier alpha value is -1.53. The summed E-state index contributed by atoms with van der Waals surface area (Å²) in [6.07, 6.45) is 1.34. The highest BCUT2D eigenvalue weighted by Gasteiger charge is 2.04. The van der Waals surface area contributed by atoms with Crippen molar-refractivity contribution >= 4 is 16.5 Å². The van der Waals surface area contributed by atoms with Crippen LogP contribution in [0, 0.1) is 5.82 Å². The van der Waals surface area contributed by atoms with Crippen LogP contribution in [-0.2, 0) is 6.42 Å². The highest BCUT2D eigenvalue weighted by molar-refractivity contribution is 7.15. The number of halogens is 1. The average molecular weight is 267 g/mol. The molecular weight excluding hydrogens is 253 g/mol. The fourth-order valence-electron chi connectivity index (χ4n) is 1.45. The first-order valence-corrected chi connectivity index (χ1v) is 6.51. The van der Waals surface area contributed by atoms with Crippen molar-refractivity contribution < 1.29 is 9.50 Å². The van der Waals surface area contributed by atoms with Crippen LogP contribution < -0.4 is 5.32 Å². The lowest BCUT2D eigenvalue weighted by molar-refractivity contribution is 0.292. The standard InChI is InChI=1S/C12H14FN3OS/c13-10-4-2-9(3-5-10)8-11-15-16-12(18-11)14-6-1-7-17/h2-5,17H,1,6-8H2,(H,14,16). The van der Waals surface area contributed by atoms with Gasteiger partial charge in [-0.15, -0.1) is 10.2 Å². The fourth-order valence-corrected chi connectivity index (χ4v) is 2.25. The molecule has 0 aliphatic rings. The number of aliphatic hydroxyl groups is 1. The highest BCUT2D eigenvalue weighted by Crippen LogP contribution is 2.18. The first-order chi connectivity index (χ1) is 8.78. The SMILES string of the molecule is OCCCNc1nnc(Cc2ccc(F)cc2)s1. The summed E-state index contributed by atoms with van der Waals surface area (Å²) >= 11 is 1.47. The van der Waals surface area contributed by atoms with Gasteiger partial charge < -0.3 is 10.4 Å². The van der Waals surface area contributed by atoms with Gasteiger partial charge in [0, 0.05) is 19.6 Å². The van der Waals surface area contributed by atoms with Crippen LogP contribution in [0.25, 0.3) is 0 Å². The second kappa shape index (κ2) is 6.42. The smallest absolute Gasteiger partial charge is 0.205 e. The van der Waals surface area contributed by atoms with Gasteiger partial charge in [0.1, 0.15) is 10.8 Å². The lowest BCUT2D eigenvalue weighted by atomic mass is 10.2. The number of benzene rings is 1. The Morgan fingerprint density at radius 3 is 2.72 bits per heavy atom. The molecule has 6 heteroatoms. The van der Waals surface area contributed by atoms with E-state index in [1.807, 2.05) is 0 Å². The molecule has 0 aliphatic heterocycles. The van der Waals surface area contributed by atoms with E-state index in [0.717, 1.165) is 15.7 Å². The minimum Gasteiger partial charge on any atom is -0.396 e. The Morgan fingerprint density at radius 2 is 2.00 bits per heavy atom. The molecule has 2 N–H and O–H groups in total. The molecule has 96 valence electrons. The second-order valence-electron chi connectivity index (χ2n) is 3.81. The lowest BCUT2D eigenvalue weighted by Gasteiger charge is -1.98. The van der Waals surface area contributed by atoms with Gasteiger partial charge in [-0.3, -0.25) is 0 Å². The van der Waals surface area contributed by atoms with E-state index in [1.54, 1.807) is 12.1 Å². The van der Waals surface area contributed by atoms with E-state index >= 15 is 0 Å². The van der Waals surface area contributed by atoms with Crippen molar-refractivity contribution in [3.63, 3.8) is 0 Å². The third kappa shape index (κ3) is 3.75. The topological polar surface area (TPSA) is 58.0 Å². The van der Waals surface area contributed by atoms with Gasteiger partial charge in [0.2, 0.25) is 5.13 Å². The fraction of sp³-hybridized carbons (Fsp3) is 0.333. The minimum absolute atomic E-state index is 0.161. The Bertz CT molecular complexity index is 486. The Morgan fingerprint density at radius 1 is 1.22 bits per heavy atom. The van der Waals surface area contributed by atoms with E-state index in [1.165, 1.54) is 23.5 Å². The van der Waals surface area contributed by atoms with Crippen LogP contribution >= 0.6 is 11.3 Å². The second-order valence-corrected chi connectivity index (χ2v) is 4.87. The lowest BCUT2D eigenvalue weighted by Crippen LogP contribution is -2.02. The summed E-state index contributed by atoms with van der Waals surface area (Å²) in [5.41, 5.74) is 1.01. The zero-order valence-corrected chi connectivity index (χ0v) is 10.6. The van der Waals surface area contributed by atoms with Gasteiger partial charge in [-0.1, -0.05) is 23.5 Å². The van der Waals surface area contributed by atoms with E-state index in [2.05, 4.69) is 15.5 Å². The summed E-state index contributed by atoms with van der Waals surface area (Å²) in [7, 11) is 0. The van der Waals surface area contributed by atoms with Gasteiger partial charge in [-0.2, -0.15) is 0 Å².